The van der Waals surface area contributed by atoms with E-state index in [1.54, 1.807) is 0 Å². The van der Waals surface area contributed by atoms with Gasteiger partial charge in [0, 0.05) is 29.9 Å². The highest BCUT2D eigenvalue weighted by Crippen LogP contribution is 2.35. The number of hydrogen-bond donors (Lipinski definition) is 2. The predicted molar refractivity (Wildman–Crippen MR) is 70.8 cm³/mol. The molecule has 0 aliphatic heterocycles. The van der Waals surface area contributed by atoms with E-state index in [0.717, 1.165) is 12.8 Å². The number of rotatable bonds is 4. The number of nitrogens with zero attached hydrogens (tertiary/aromatic N) is 1. The zero-order valence-corrected chi connectivity index (χ0v) is 11.5. The van der Waals surface area contributed by atoms with Gasteiger partial charge in [-0.2, -0.15) is 0 Å². The molecule has 0 amide bonds. The lowest BCUT2D eigenvalue weighted by molar-refractivity contribution is 0.305. The van der Waals surface area contributed by atoms with Gasteiger partial charge in [0.2, 0.25) is 10.0 Å². The minimum atomic E-state index is -3.54. The van der Waals surface area contributed by atoms with Crippen LogP contribution in [0.5, 0.6) is 0 Å². The zero-order chi connectivity index (χ0) is 13.9. The standard InChI is InChI=1S/C13H16N2O3S/c1-13(5-6-13)15-19(17,18)12-8-11(9-14-10-12)4-2-3-7-16/h8-10,15-16H,3,5-7H2,1H3. The number of aromatic nitrogens is 1. The summed E-state index contributed by atoms with van der Waals surface area (Å²) in [6.45, 7) is 1.86. The van der Waals surface area contributed by atoms with Crippen molar-refractivity contribution in [2.24, 2.45) is 0 Å². The van der Waals surface area contributed by atoms with E-state index in [-0.39, 0.29) is 17.0 Å². The Morgan fingerprint density at radius 1 is 1.47 bits per heavy atom. The van der Waals surface area contributed by atoms with E-state index in [9.17, 15) is 8.42 Å². The van der Waals surface area contributed by atoms with Gasteiger partial charge in [0.25, 0.3) is 0 Å². The van der Waals surface area contributed by atoms with Crippen LogP contribution in [0.2, 0.25) is 0 Å². The monoisotopic (exact) mass is 280 g/mol. The quantitative estimate of drug-likeness (QED) is 0.794. The van der Waals surface area contributed by atoms with E-state index in [1.165, 1.54) is 18.5 Å². The second-order valence-electron chi connectivity index (χ2n) is 4.85. The van der Waals surface area contributed by atoms with Crippen molar-refractivity contribution in [3.63, 3.8) is 0 Å². The SMILES string of the molecule is CC1(NS(=O)(=O)c2cncc(C#CCCO)c2)CC1. The first-order chi connectivity index (χ1) is 8.95. The third-order valence-electron chi connectivity index (χ3n) is 2.87. The molecule has 0 spiro atoms. The molecule has 1 saturated carbocycles. The molecule has 6 heteroatoms. The highest BCUT2D eigenvalue weighted by molar-refractivity contribution is 7.89. The minimum absolute atomic E-state index is 0.0155. The van der Waals surface area contributed by atoms with Gasteiger partial charge < -0.3 is 5.11 Å². The first-order valence-corrected chi connectivity index (χ1v) is 7.52. The summed E-state index contributed by atoms with van der Waals surface area (Å²) in [6, 6.07) is 1.49. The van der Waals surface area contributed by atoms with Gasteiger partial charge in [-0.1, -0.05) is 11.8 Å². The van der Waals surface area contributed by atoms with Crippen LogP contribution in [0, 0.1) is 11.8 Å². The fourth-order valence-corrected chi connectivity index (χ4v) is 2.98. The fourth-order valence-electron chi connectivity index (χ4n) is 1.53. The Kier molecular flexibility index (Phi) is 3.90. The van der Waals surface area contributed by atoms with Crippen LogP contribution in [0.25, 0.3) is 0 Å². The second kappa shape index (κ2) is 5.29. The Balaban J connectivity index is 2.21. The molecule has 102 valence electrons. The van der Waals surface area contributed by atoms with E-state index in [2.05, 4.69) is 21.5 Å². The fraction of sp³-hybridized carbons (Fsp3) is 0.462. The van der Waals surface area contributed by atoms with Gasteiger partial charge in [0.05, 0.1) is 6.61 Å². The molecule has 0 unspecified atom stereocenters. The van der Waals surface area contributed by atoms with Gasteiger partial charge in [0.1, 0.15) is 4.90 Å². The van der Waals surface area contributed by atoms with Crippen LogP contribution in [0.1, 0.15) is 31.7 Å². The van der Waals surface area contributed by atoms with Gasteiger partial charge in [-0.25, -0.2) is 13.1 Å². The predicted octanol–water partition coefficient (Wildman–Crippen LogP) is 0.646. The van der Waals surface area contributed by atoms with Crippen LogP contribution >= 0.6 is 0 Å². The molecule has 1 fully saturated rings. The molecule has 19 heavy (non-hydrogen) atoms. The molecule has 5 nitrogen and oxygen atoms in total. The van der Waals surface area contributed by atoms with Crippen molar-refractivity contribution in [2.45, 2.75) is 36.6 Å². The van der Waals surface area contributed by atoms with Crippen LogP contribution < -0.4 is 4.72 Å². The molecule has 2 rings (SSSR count). The number of hydrogen-bond acceptors (Lipinski definition) is 4. The molecular formula is C13H16N2O3S. The van der Waals surface area contributed by atoms with Gasteiger partial charge in [-0.15, -0.1) is 0 Å². The van der Waals surface area contributed by atoms with Crippen LogP contribution in [0.15, 0.2) is 23.4 Å². The van der Waals surface area contributed by atoms with Gasteiger partial charge >= 0.3 is 0 Å². The number of aliphatic hydroxyl groups is 1. The summed E-state index contributed by atoms with van der Waals surface area (Å²) in [7, 11) is -3.54. The molecular weight excluding hydrogens is 264 g/mol. The highest BCUT2D eigenvalue weighted by atomic mass is 32.2. The first-order valence-electron chi connectivity index (χ1n) is 6.04. The number of sulfonamides is 1. The second-order valence-corrected chi connectivity index (χ2v) is 6.53. The molecule has 0 atom stereocenters. The third kappa shape index (κ3) is 3.77. The van der Waals surface area contributed by atoms with Crippen molar-refractivity contribution < 1.29 is 13.5 Å². The lowest BCUT2D eigenvalue weighted by Crippen LogP contribution is -2.34. The van der Waals surface area contributed by atoms with Crippen LogP contribution in [-0.2, 0) is 10.0 Å². The zero-order valence-electron chi connectivity index (χ0n) is 10.7. The summed E-state index contributed by atoms with van der Waals surface area (Å²) >= 11 is 0. The van der Waals surface area contributed by atoms with Crippen molar-refractivity contribution in [1.29, 1.82) is 0 Å². The average Bonchev–Trinajstić information content (AvgIpc) is 3.06. The maximum Gasteiger partial charge on any atom is 0.242 e. The van der Waals surface area contributed by atoms with E-state index < -0.39 is 10.0 Å². The largest absolute Gasteiger partial charge is 0.395 e. The molecule has 0 radical (unpaired) electrons. The molecule has 1 aliphatic carbocycles. The molecule has 1 aromatic heterocycles. The van der Waals surface area contributed by atoms with Crippen molar-refractivity contribution in [3.8, 4) is 11.8 Å². The van der Waals surface area contributed by atoms with Gasteiger partial charge in [0.15, 0.2) is 0 Å². The lowest BCUT2D eigenvalue weighted by atomic mass is 10.3. The van der Waals surface area contributed by atoms with Crippen LogP contribution in [0.4, 0.5) is 0 Å². The van der Waals surface area contributed by atoms with Crippen molar-refractivity contribution >= 4 is 10.0 Å². The molecule has 1 aromatic rings. The van der Waals surface area contributed by atoms with Crippen molar-refractivity contribution in [3.05, 3.63) is 24.0 Å². The molecule has 1 heterocycles. The number of pyridine rings is 1. The third-order valence-corrected chi connectivity index (χ3v) is 4.48. The van der Waals surface area contributed by atoms with E-state index >= 15 is 0 Å². The average molecular weight is 280 g/mol. The molecule has 2 N–H and O–H groups in total. The van der Waals surface area contributed by atoms with Crippen molar-refractivity contribution in [2.75, 3.05) is 6.61 Å². The Labute approximate surface area is 113 Å². The summed E-state index contributed by atoms with van der Waals surface area (Å²) in [5.41, 5.74) is 0.217. The summed E-state index contributed by atoms with van der Waals surface area (Å²) in [5.74, 6) is 5.51. The summed E-state index contributed by atoms with van der Waals surface area (Å²) in [5, 5.41) is 8.64. The van der Waals surface area contributed by atoms with Crippen molar-refractivity contribution in [1.82, 2.24) is 9.71 Å². The van der Waals surface area contributed by atoms with Gasteiger partial charge in [-0.05, 0) is 25.8 Å². The topological polar surface area (TPSA) is 79.3 Å². The highest BCUT2D eigenvalue weighted by Gasteiger charge is 2.41. The van der Waals surface area contributed by atoms with Crippen LogP contribution in [0.3, 0.4) is 0 Å². The maximum atomic E-state index is 12.1. The minimum Gasteiger partial charge on any atom is -0.395 e. The van der Waals surface area contributed by atoms with E-state index in [4.69, 9.17) is 5.11 Å². The molecule has 0 aromatic carbocycles. The molecule has 1 aliphatic rings. The summed E-state index contributed by atoms with van der Waals surface area (Å²) < 4.78 is 26.9. The van der Waals surface area contributed by atoms with Gasteiger partial charge in [-0.3, -0.25) is 4.98 Å². The lowest BCUT2D eigenvalue weighted by Gasteiger charge is -2.11. The summed E-state index contributed by atoms with van der Waals surface area (Å²) in [6.07, 6.45) is 4.88. The molecule has 0 saturated heterocycles. The smallest absolute Gasteiger partial charge is 0.242 e. The van der Waals surface area contributed by atoms with E-state index in [1.807, 2.05) is 6.92 Å². The molecule has 0 bridgehead atoms. The Bertz CT molecular complexity index is 625. The number of nitrogens with one attached hydrogen (secondary N) is 1. The Morgan fingerprint density at radius 3 is 2.84 bits per heavy atom. The Morgan fingerprint density at radius 2 is 2.21 bits per heavy atom. The first kappa shape index (κ1) is 14.0. The normalized spacial score (nSPS) is 16.5. The van der Waals surface area contributed by atoms with Crippen LogP contribution in [-0.4, -0.2) is 30.7 Å². The maximum absolute atomic E-state index is 12.1. The van der Waals surface area contributed by atoms with E-state index in [0.29, 0.717) is 12.0 Å². The Hall–Kier alpha value is -1.42. The number of aliphatic hydroxyl groups excluding tert-OH is 1. The summed E-state index contributed by atoms with van der Waals surface area (Å²) in [4.78, 5) is 4.02.